The zero-order chi connectivity index (χ0) is 27.4. The van der Waals surface area contributed by atoms with E-state index in [9.17, 15) is 18.0 Å². The summed E-state index contributed by atoms with van der Waals surface area (Å²) >= 11 is 0. The van der Waals surface area contributed by atoms with Crippen LogP contribution in [0.15, 0.2) is 35.4 Å². The lowest BCUT2D eigenvalue weighted by molar-refractivity contribution is -0.132. The van der Waals surface area contributed by atoms with Crippen molar-refractivity contribution in [1.82, 2.24) is 29.8 Å². The topological polar surface area (TPSA) is 125 Å². The second-order valence-corrected chi connectivity index (χ2v) is 12.7. The number of nitrogens with one attached hydrogen (secondary N) is 2. The van der Waals surface area contributed by atoms with E-state index in [1.165, 1.54) is 31.4 Å². The van der Waals surface area contributed by atoms with Gasteiger partial charge in [-0.3, -0.25) is 9.59 Å². The molecular formula is C28H38N6O4S. The lowest BCUT2D eigenvalue weighted by atomic mass is 9.92. The van der Waals surface area contributed by atoms with E-state index in [0.29, 0.717) is 0 Å². The van der Waals surface area contributed by atoms with Crippen molar-refractivity contribution in [2.24, 2.45) is 0 Å². The maximum absolute atomic E-state index is 13.4. The average molecular weight is 555 g/mol. The first-order valence-corrected chi connectivity index (χ1v) is 15.5. The lowest BCUT2D eigenvalue weighted by Crippen LogP contribution is -2.58. The summed E-state index contributed by atoms with van der Waals surface area (Å²) in [5.41, 5.74) is 2.81. The number of aromatic nitrogens is 2. The van der Waals surface area contributed by atoms with Crippen molar-refractivity contribution < 1.29 is 18.0 Å². The fraction of sp³-hybridized carbons (Fsp3) is 0.571. The van der Waals surface area contributed by atoms with Crippen LogP contribution in [0.4, 0.5) is 0 Å². The summed E-state index contributed by atoms with van der Waals surface area (Å²) < 4.78 is 27.9. The second kappa shape index (κ2) is 12.1. The van der Waals surface area contributed by atoms with E-state index in [1.807, 2.05) is 13.1 Å². The van der Waals surface area contributed by atoms with Crippen LogP contribution in [0.1, 0.15) is 67.2 Å². The van der Waals surface area contributed by atoms with E-state index in [4.69, 9.17) is 4.98 Å². The first-order valence-electron chi connectivity index (χ1n) is 14.0. The minimum absolute atomic E-state index is 0.111. The van der Waals surface area contributed by atoms with E-state index in [-0.39, 0.29) is 36.4 Å². The highest BCUT2D eigenvalue weighted by Gasteiger charge is 2.40. The molecule has 2 saturated heterocycles. The summed E-state index contributed by atoms with van der Waals surface area (Å²) in [6.45, 7) is 5.44. The van der Waals surface area contributed by atoms with Crippen molar-refractivity contribution in [3.05, 3.63) is 53.1 Å². The molecule has 3 aliphatic rings. The lowest BCUT2D eigenvalue weighted by Gasteiger charge is -2.34. The zero-order valence-corrected chi connectivity index (χ0v) is 23.4. The van der Waals surface area contributed by atoms with Gasteiger partial charge in [-0.25, -0.2) is 18.4 Å². The zero-order valence-electron chi connectivity index (χ0n) is 22.6. The molecule has 1 unspecified atom stereocenters. The van der Waals surface area contributed by atoms with Crippen molar-refractivity contribution in [3.63, 3.8) is 0 Å². The molecule has 2 aromatic rings. The predicted molar refractivity (Wildman–Crippen MR) is 146 cm³/mol. The molecule has 0 bridgehead atoms. The number of aryl methyl sites for hydroxylation is 2. The van der Waals surface area contributed by atoms with E-state index >= 15 is 0 Å². The highest BCUT2D eigenvalue weighted by Crippen LogP contribution is 2.29. The van der Waals surface area contributed by atoms with Gasteiger partial charge in [0.05, 0.1) is 17.4 Å². The van der Waals surface area contributed by atoms with Crippen LogP contribution in [-0.2, 0) is 32.5 Å². The number of nitrogens with zero attached hydrogens (tertiary/aromatic N) is 4. The number of hydrogen-bond acceptors (Lipinski definition) is 7. The van der Waals surface area contributed by atoms with Crippen molar-refractivity contribution in [2.45, 2.75) is 75.3 Å². The molecule has 39 heavy (non-hydrogen) atoms. The molecule has 2 amide bonds. The first-order chi connectivity index (χ1) is 18.8. The molecule has 10 nitrogen and oxygen atoms in total. The van der Waals surface area contributed by atoms with E-state index in [1.54, 1.807) is 12.1 Å². The van der Waals surface area contributed by atoms with Crippen molar-refractivity contribution in [2.75, 3.05) is 32.7 Å². The van der Waals surface area contributed by atoms with Crippen LogP contribution < -0.4 is 10.6 Å². The van der Waals surface area contributed by atoms with Gasteiger partial charge in [0.1, 0.15) is 11.9 Å². The Hall–Kier alpha value is -2.89. The van der Waals surface area contributed by atoms with Crippen LogP contribution in [0, 0.1) is 6.92 Å². The summed E-state index contributed by atoms with van der Waals surface area (Å²) in [6, 6.07) is 5.15. The Morgan fingerprint density at radius 2 is 1.87 bits per heavy atom. The van der Waals surface area contributed by atoms with Crippen LogP contribution in [-0.4, -0.2) is 78.2 Å². The van der Waals surface area contributed by atoms with E-state index in [2.05, 4.69) is 20.5 Å². The Morgan fingerprint density at radius 1 is 1.10 bits per heavy atom. The number of amides is 2. The van der Waals surface area contributed by atoms with Gasteiger partial charge in [0, 0.05) is 43.5 Å². The number of piperidine rings is 1. The fourth-order valence-corrected chi connectivity index (χ4v) is 7.34. The van der Waals surface area contributed by atoms with Gasteiger partial charge in [-0.05, 0) is 64.3 Å². The molecule has 5 rings (SSSR count). The molecule has 210 valence electrons. The molecule has 2 fully saturated rings. The third-order valence-corrected chi connectivity index (χ3v) is 9.88. The number of benzene rings is 1. The first kappa shape index (κ1) is 27.7. The Balaban J connectivity index is 1.24. The molecular weight excluding hydrogens is 516 g/mol. The molecule has 11 heteroatoms. The monoisotopic (exact) mass is 554 g/mol. The molecule has 3 heterocycles. The summed E-state index contributed by atoms with van der Waals surface area (Å²) in [6.07, 6.45) is 8.69. The number of fused-ring (bicyclic) bond motifs is 1. The van der Waals surface area contributed by atoms with Gasteiger partial charge in [-0.1, -0.05) is 24.1 Å². The number of carbonyl (C=O) groups is 2. The molecule has 1 aromatic heterocycles. The van der Waals surface area contributed by atoms with Gasteiger partial charge in [-0.15, -0.1) is 0 Å². The van der Waals surface area contributed by atoms with Gasteiger partial charge < -0.3 is 15.5 Å². The maximum atomic E-state index is 13.4. The van der Waals surface area contributed by atoms with Crippen LogP contribution >= 0.6 is 0 Å². The Labute approximate surface area is 230 Å². The third kappa shape index (κ3) is 6.47. The number of sulfonamides is 1. The van der Waals surface area contributed by atoms with Crippen LogP contribution in [0.2, 0.25) is 0 Å². The number of piperazine rings is 1. The molecule has 0 spiro atoms. The van der Waals surface area contributed by atoms with Crippen LogP contribution in [0.3, 0.4) is 0 Å². The van der Waals surface area contributed by atoms with Gasteiger partial charge in [0.2, 0.25) is 21.8 Å². The van der Waals surface area contributed by atoms with Gasteiger partial charge in [0.25, 0.3) is 0 Å². The minimum Gasteiger partial charge on any atom is -0.353 e. The maximum Gasteiger partial charge on any atom is 0.243 e. The summed E-state index contributed by atoms with van der Waals surface area (Å²) in [5, 5.41) is 5.75. The van der Waals surface area contributed by atoms with Crippen LogP contribution in [0.5, 0.6) is 0 Å². The molecule has 2 aliphatic heterocycles. The van der Waals surface area contributed by atoms with Crippen molar-refractivity contribution in [1.29, 1.82) is 0 Å². The Kier molecular flexibility index (Phi) is 8.58. The Bertz CT molecular complexity index is 1290. The van der Waals surface area contributed by atoms with Gasteiger partial charge >= 0.3 is 0 Å². The molecule has 2 atom stereocenters. The van der Waals surface area contributed by atoms with Gasteiger partial charge in [0.15, 0.2) is 0 Å². The molecule has 1 aliphatic carbocycles. The molecule has 0 saturated carbocycles. The SMILES string of the molecule is Cc1ccc(S(=O)(=O)N2CCNC(=O)C2CC(=O)N[C@@H]2CCCc3nc(CCN4CCCCC4)ncc32)cc1. The Morgan fingerprint density at radius 3 is 2.64 bits per heavy atom. The number of rotatable bonds is 8. The summed E-state index contributed by atoms with van der Waals surface area (Å²) in [4.78, 5) is 37.9. The molecule has 2 N–H and O–H groups in total. The largest absolute Gasteiger partial charge is 0.353 e. The molecule has 0 radical (unpaired) electrons. The number of hydrogen-bond donors (Lipinski definition) is 2. The summed E-state index contributed by atoms with van der Waals surface area (Å²) in [7, 11) is -3.94. The van der Waals surface area contributed by atoms with E-state index in [0.717, 1.165) is 72.3 Å². The fourth-order valence-electron chi connectivity index (χ4n) is 5.75. The normalized spacial score (nSPS) is 22.6. The molecule has 1 aromatic carbocycles. The average Bonchev–Trinajstić information content (AvgIpc) is 2.94. The number of carbonyl (C=O) groups excluding carboxylic acids is 2. The predicted octanol–water partition coefficient (Wildman–Crippen LogP) is 1.89. The number of likely N-dealkylation sites (tertiary alicyclic amines) is 1. The van der Waals surface area contributed by atoms with Gasteiger partial charge in [-0.2, -0.15) is 4.31 Å². The highest BCUT2D eigenvalue weighted by molar-refractivity contribution is 7.89. The minimum atomic E-state index is -3.94. The van der Waals surface area contributed by atoms with Crippen LogP contribution in [0.25, 0.3) is 0 Å². The third-order valence-electron chi connectivity index (χ3n) is 7.96. The highest BCUT2D eigenvalue weighted by atomic mass is 32.2. The second-order valence-electron chi connectivity index (χ2n) is 10.8. The quantitative estimate of drug-likeness (QED) is 0.511. The standard InChI is InChI=1S/C28H38N6O4S/c1-20-8-10-21(11-9-20)39(37,38)34-17-13-29-28(36)25(34)18-27(35)32-24-7-5-6-23-22(24)19-30-26(31-23)12-16-33-14-3-2-4-15-33/h8-11,19,24-25H,2-7,12-18H2,1H3,(H,29,36)(H,32,35)/t24-,25?/m1/s1. The summed E-state index contributed by atoms with van der Waals surface area (Å²) in [5.74, 6) is 0.00752. The van der Waals surface area contributed by atoms with Crippen molar-refractivity contribution in [3.8, 4) is 0 Å². The van der Waals surface area contributed by atoms with Crippen molar-refractivity contribution >= 4 is 21.8 Å². The smallest absolute Gasteiger partial charge is 0.243 e. The van der Waals surface area contributed by atoms with E-state index < -0.39 is 22.0 Å².